The van der Waals surface area contributed by atoms with Crippen LogP contribution in [-0.2, 0) is 10.0 Å². The van der Waals surface area contributed by atoms with Gasteiger partial charge in [0.1, 0.15) is 0 Å². The van der Waals surface area contributed by atoms with Gasteiger partial charge < -0.3 is 4.90 Å². The van der Waals surface area contributed by atoms with E-state index in [2.05, 4.69) is 6.07 Å². The van der Waals surface area contributed by atoms with E-state index in [1.165, 1.54) is 4.70 Å². The van der Waals surface area contributed by atoms with Crippen LogP contribution >= 0.6 is 11.3 Å². The Morgan fingerprint density at radius 2 is 1.61 bits per heavy atom. The Balaban J connectivity index is 1.26. The van der Waals surface area contributed by atoms with Crippen LogP contribution in [-0.4, -0.2) is 54.7 Å². The molecule has 2 fully saturated rings. The number of para-hydroxylation sites is 1. The Labute approximate surface area is 186 Å². The van der Waals surface area contributed by atoms with Gasteiger partial charge in [0.15, 0.2) is 0 Å². The summed E-state index contributed by atoms with van der Waals surface area (Å²) in [6.07, 6.45) is 3.60. The fourth-order valence-corrected chi connectivity index (χ4v) is 7.04. The van der Waals surface area contributed by atoms with Crippen molar-refractivity contribution in [2.75, 3.05) is 26.2 Å². The minimum absolute atomic E-state index is 0.0157. The highest BCUT2D eigenvalue weighted by Gasteiger charge is 2.31. The molecule has 0 N–H and O–H groups in total. The molecule has 0 spiro atoms. The average molecular weight is 456 g/mol. The van der Waals surface area contributed by atoms with Gasteiger partial charge in [-0.3, -0.25) is 4.79 Å². The van der Waals surface area contributed by atoms with E-state index in [0.717, 1.165) is 49.3 Å². The highest BCUT2D eigenvalue weighted by Crippen LogP contribution is 2.35. The molecule has 2 aliphatic heterocycles. The topological polar surface area (TPSA) is 70.6 Å². The number of nitrogens with zero attached hydrogens (tertiary/aromatic N) is 3. The number of aromatic nitrogens is 1. The van der Waals surface area contributed by atoms with Crippen molar-refractivity contribution in [3.63, 3.8) is 0 Å². The fourth-order valence-electron chi connectivity index (χ4n) is 4.43. The van der Waals surface area contributed by atoms with E-state index in [0.29, 0.717) is 24.6 Å². The molecule has 0 saturated carbocycles. The van der Waals surface area contributed by atoms with Gasteiger partial charge in [0.2, 0.25) is 10.0 Å². The summed E-state index contributed by atoms with van der Waals surface area (Å²) in [4.78, 5) is 19.3. The predicted octanol–water partition coefficient (Wildman–Crippen LogP) is 4.10. The Bertz CT molecular complexity index is 1160. The molecule has 2 aliphatic rings. The Kier molecular flexibility index (Phi) is 5.54. The summed E-state index contributed by atoms with van der Waals surface area (Å²) in [5.74, 6) is 0.280. The maximum atomic E-state index is 13.1. The monoisotopic (exact) mass is 455 g/mol. The van der Waals surface area contributed by atoms with Crippen molar-refractivity contribution in [2.45, 2.75) is 36.5 Å². The maximum Gasteiger partial charge on any atom is 0.253 e. The predicted molar refractivity (Wildman–Crippen MR) is 122 cm³/mol. The summed E-state index contributed by atoms with van der Waals surface area (Å²) >= 11 is 1.71. The number of hydrogen-bond acceptors (Lipinski definition) is 5. The van der Waals surface area contributed by atoms with Gasteiger partial charge in [0, 0.05) is 37.7 Å². The number of hydrogen-bond donors (Lipinski definition) is 0. The quantitative estimate of drug-likeness (QED) is 0.594. The molecule has 162 valence electrons. The van der Waals surface area contributed by atoms with Gasteiger partial charge in [0.05, 0.1) is 20.1 Å². The zero-order valence-corrected chi connectivity index (χ0v) is 18.9. The van der Waals surface area contributed by atoms with Crippen LogP contribution in [0.2, 0.25) is 0 Å². The second kappa shape index (κ2) is 8.33. The highest BCUT2D eigenvalue weighted by molar-refractivity contribution is 7.89. The molecular weight excluding hydrogens is 430 g/mol. The summed E-state index contributed by atoms with van der Waals surface area (Å²) in [7, 11) is -3.56. The Hall–Kier alpha value is -2.29. The molecule has 8 heteroatoms. The minimum Gasteiger partial charge on any atom is -0.339 e. The van der Waals surface area contributed by atoms with E-state index < -0.39 is 10.0 Å². The van der Waals surface area contributed by atoms with Crippen molar-refractivity contribution < 1.29 is 13.2 Å². The number of carbonyl (C=O) groups excluding carboxylic acids is 1. The van der Waals surface area contributed by atoms with Crippen LogP contribution in [0.3, 0.4) is 0 Å². The molecule has 3 aromatic rings. The van der Waals surface area contributed by atoms with Crippen LogP contribution in [0.5, 0.6) is 0 Å². The molecule has 0 bridgehead atoms. The fraction of sp³-hybridized carbons (Fsp3) is 0.391. The van der Waals surface area contributed by atoms with Gasteiger partial charge in [-0.2, -0.15) is 4.31 Å². The normalized spacial score (nSPS) is 18.6. The number of likely N-dealkylation sites (tertiary alicyclic amines) is 1. The first-order valence-corrected chi connectivity index (χ1v) is 13.0. The SMILES string of the molecule is O=C(c1ccc(S(=O)(=O)N2CCC(c3nc4ccccc4s3)CC2)cc1)N1CCCC1. The largest absolute Gasteiger partial charge is 0.339 e. The number of rotatable bonds is 4. The van der Waals surface area contributed by atoms with Crippen LogP contribution in [0.15, 0.2) is 53.4 Å². The molecule has 0 radical (unpaired) electrons. The second-order valence-electron chi connectivity index (χ2n) is 8.22. The summed E-state index contributed by atoms with van der Waals surface area (Å²) in [5, 5.41) is 1.10. The van der Waals surface area contributed by atoms with Crippen molar-refractivity contribution >= 4 is 37.5 Å². The van der Waals surface area contributed by atoms with Crippen molar-refractivity contribution in [2.24, 2.45) is 0 Å². The minimum atomic E-state index is -3.56. The third-order valence-corrected chi connectivity index (χ3v) is 9.36. The molecule has 0 atom stereocenters. The van der Waals surface area contributed by atoms with E-state index in [1.54, 1.807) is 39.9 Å². The second-order valence-corrected chi connectivity index (χ2v) is 11.2. The number of sulfonamides is 1. The number of amides is 1. The van der Waals surface area contributed by atoms with Gasteiger partial charge >= 0.3 is 0 Å². The molecule has 0 aliphatic carbocycles. The van der Waals surface area contributed by atoms with Gasteiger partial charge in [-0.15, -0.1) is 11.3 Å². The lowest BCUT2D eigenvalue weighted by Gasteiger charge is -2.30. The zero-order chi connectivity index (χ0) is 21.4. The lowest BCUT2D eigenvalue weighted by Crippen LogP contribution is -2.37. The number of benzene rings is 2. The van der Waals surface area contributed by atoms with Gasteiger partial charge in [-0.1, -0.05) is 12.1 Å². The van der Waals surface area contributed by atoms with Gasteiger partial charge in [-0.25, -0.2) is 13.4 Å². The molecule has 6 nitrogen and oxygen atoms in total. The van der Waals surface area contributed by atoms with Gasteiger partial charge in [-0.05, 0) is 62.1 Å². The zero-order valence-electron chi connectivity index (χ0n) is 17.2. The molecular formula is C23H25N3O3S2. The Morgan fingerprint density at radius 1 is 0.935 bits per heavy atom. The summed E-state index contributed by atoms with van der Waals surface area (Å²) in [6, 6.07) is 14.5. The first-order valence-electron chi connectivity index (χ1n) is 10.8. The highest BCUT2D eigenvalue weighted by atomic mass is 32.2. The lowest BCUT2D eigenvalue weighted by molar-refractivity contribution is 0.0792. The molecule has 1 aromatic heterocycles. The first-order chi connectivity index (χ1) is 15.0. The lowest BCUT2D eigenvalue weighted by atomic mass is 9.99. The molecule has 2 aromatic carbocycles. The number of piperidine rings is 1. The van der Waals surface area contributed by atoms with Crippen molar-refractivity contribution in [1.82, 2.24) is 14.2 Å². The van der Waals surface area contributed by atoms with Crippen molar-refractivity contribution in [3.8, 4) is 0 Å². The third-order valence-electron chi connectivity index (χ3n) is 6.25. The summed E-state index contributed by atoms with van der Waals surface area (Å²) in [5.41, 5.74) is 1.57. The van der Waals surface area contributed by atoms with Crippen LogP contribution in [0.1, 0.15) is 47.0 Å². The van der Waals surface area contributed by atoms with Crippen LogP contribution in [0, 0.1) is 0 Å². The van der Waals surface area contributed by atoms with Crippen LogP contribution in [0.25, 0.3) is 10.2 Å². The number of fused-ring (bicyclic) bond motifs is 1. The summed E-state index contributed by atoms with van der Waals surface area (Å²) in [6.45, 7) is 2.53. The molecule has 1 amide bonds. The molecule has 3 heterocycles. The van der Waals surface area contributed by atoms with Crippen LogP contribution in [0.4, 0.5) is 0 Å². The smallest absolute Gasteiger partial charge is 0.253 e. The number of carbonyl (C=O) groups is 1. The first kappa shape index (κ1) is 20.6. The molecule has 31 heavy (non-hydrogen) atoms. The summed E-state index contributed by atoms with van der Waals surface area (Å²) < 4.78 is 29.0. The van der Waals surface area contributed by atoms with E-state index in [4.69, 9.17) is 4.98 Å². The van der Waals surface area contributed by atoms with Crippen LogP contribution < -0.4 is 0 Å². The Morgan fingerprint density at radius 3 is 2.29 bits per heavy atom. The van der Waals surface area contributed by atoms with E-state index in [9.17, 15) is 13.2 Å². The molecule has 5 rings (SSSR count). The van der Waals surface area contributed by atoms with Gasteiger partial charge in [0.25, 0.3) is 5.91 Å². The van der Waals surface area contributed by atoms with E-state index >= 15 is 0 Å². The third kappa shape index (κ3) is 4.00. The molecule has 2 saturated heterocycles. The van der Waals surface area contributed by atoms with Crippen molar-refractivity contribution in [1.29, 1.82) is 0 Å². The van der Waals surface area contributed by atoms with Crippen molar-refractivity contribution in [3.05, 3.63) is 59.1 Å². The molecule has 0 unspecified atom stereocenters. The number of thiazole rings is 1. The maximum absolute atomic E-state index is 13.1. The van der Waals surface area contributed by atoms with E-state index in [-0.39, 0.29) is 10.8 Å². The standard InChI is InChI=1S/C23H25N3O3S2/c27-23(25-13-3-4-14-25)18-7-9-19(10-8-18)31(28,29)26-15-11-17(12-16-26)22-24-20-5-1-2-6-21(20)30-22/h1-2,5-10,17H,3-4,11-16H2. The average Bonchev–Trinajstić information content (AvgIpc) is 3.49. The van der Waals surface area contributed by atoms with E-state index in [1.807, 2.05) is 23.1 Å².